The molecule has 1 N–H and O–H groups in total. The van der Waals surface area contributed by atoms with Crippen LogP contribution in [0.3, 0.4) is 0 Å². The van der Waals surface area contributed by atoms with Crippen LogP contribution in [0.4, 0.5) is 0 Å². The number of aliphatic hydroxyl groups is 1. The first-order chi connectivity index (χ1) is 10.0. The van der Waals surface area contributed by atoms with Gasteiger partial charge in [-0.15, -0.1) is 0 Å². The zero-order valence-electron chi connectivity index (χ0n) is 12.7. The molecule has 2 aliphatic carbocycles. The maximum atomic E-state index is 12.7. The molecule has 112 valence electrons. The molecular formula is C18H23NO2. The lowest BCUT2D eigenvalue weighted by Gasteiger charge is -2.49. The molecule has 0 spiro atoms. The van der Waals surface area contributed by atoms with E-state index in [9.17, 15) is 9.90 Å². The molecule has 3 nitrogen and oxygen atoms in total. The summed E-state index contributed by atoms with van der Waals surface area (Å²) >= 11 is 0. The third-order valence-electron chi connectivity index (χ3n) is 5.93. The first-order valence-electron chi connectivity index (χ1n) is 8.10. The number of benzene rings is 1. The van der Waals surface area contributed by atoms with Gasteiger partial charge in [0, 0.05) is 5.92 Å². The van der Waals surface area contributed by atoms with Crippen LogP contribution in [-0.4, -0.2) is 34.6 Å². The summed E-state index contributed by atoms with van der Waals surface area (Å²) in [5.41, 5.74) is 2.16. The quantitative estimate of drug-likeness (QED) is 0.905. The van der Waals surface area contributed by atoms with Crippen LogP contribution in [0.15, 0.2) is 24.3 Å². The van der Waals surface area contributed by atoms with Crippen molar-refractivity contribution in [2.24, 2.45) is 17.8 Å². The summed E-state index contributed by atoms with van der Waals surface area (Å²) in [7, 11) is 0. The Morgan fingerprint density at radius 2 is 2.05 bits per heavy atom. The first-order valence-corrected chi connectivity index (χ1v) is 8.10. The number of amides is 1. The summed E-state index contributed by atoms with van der Waals surface area (Å²) in [6.07, 6.45) is 2.25. The van der Waals surface area contributed by atoms with E-state index in [0.29, 0.717) is 24.9 Å². The lowest BCUT2D eigenvalue weighted by Crippen LogP contribution is -2.66. The molecule has 0 radical (unpaired) electrons. The van der Waals surface area contributed by atoms with Crippen LogP contribution in [0.1, 0.15) is 37.3 Å². The zero-order valence-corrected chi connectivity index (χ0v) is 12.7. The van der Waals surface area contributed by atoms with Crippen molar-refractivity contribution >= 4 is 5.91 Å². The molecule has 1 aromatic carbocycles. The van der Waals surface area contributed by atoms with Crippen LogP contribution < -0.4 is 0 Å². The predicted octanol–water partition coefficient (Wildman–Crippen LogP) is 2.19. The largest absolute Gasteiger partial charge is 0.386 e. The Morgan fingerprint density at radius 3 is 2.76 bits per heavy atom. The van der Waals surface area contributed by atoms with Gasteiger partial charge in [-0.05, 0) is 41.7 Å². The molecule has 4 rings (SSSR count). The number of rotatable bonds is 2. The van der Waals surface area contributed by atoms with Crippen molar-refractivity contribution in [1.82, 2.24) is 4.90 Å². The van der Waals surface area contributed by atoms with E-state index in [-0.39, 0.29) is 17.7 Å². The van der Waals surface area contributed by atoms with E-state index in [2.05, 4.69) is 24.3 Å². The molecule has 21 heavy (non-hydrogen) atoms. The Labute approximate surface area is 126 Å². The number of carbonyl (C=O) groups is 1. The summed E-state index contributed by atoms with van der Waals surface area (Å²) in [4.78, 5) is 14.6. The van der Waals surface area contributed by atoms with Gasteiger partial charge in [0.1, 0.15) is 5.60 Å². The predicted molar refractivity (Wildman–Crippen MR) is 80.9 cm³/mol. The summed E-state index contributed by atoms with van der Waals surface area (Å²) < 4.78 is 0. The van der Waals surface area contributed by atoms with Gasteiger partial charge >= 0.3 is 0 Å². The van der Waals surface area contributed by atoms with Crippen molar-refractivity contribution in [2.75, 3.05) is 13.1 Å². The summed E-state index contributed by atoms with van der Waals surface area (Å²) in [6, 6.07) is 8.57. The second kappa shape index (κ2) is 4.33. The molecular weight excluding hydrogens is 262 g/mol. The van der Waals surface area contributed by atoms with Crippen LogP contribution in [-0.2, 0) is 11.2 Å². The highest BCUT2D eigenvalue weighted by atomic mass is 16.3. The number of likely N-dealkylation sites (tertiary alicyclic amines) is 1. The Kier molecular flexibility index (Phi) is 2.74. The topological polar surface area (TPSA) is 40.5 Å². The Balaban J connectivity index is 1.48. The van der Waals surface area contributed by atoms with E-state index in [1.165, 1.54) is 11.1 Å². The van der Waals surface area contributed by atoms with Gasteiger partial charge < -0.3 is 10.0 Å². The van der Waals surface area contributed by atoms with Gasteiger partial charge in [-0.3, -0.25) is 4.79 Å². The fraction of sp³-hybridized carbons (Fsp3) is 0.611. The van der Waals surface area contributed by atoms with Crippen molar-refractivity contribution < 1.29 is 9.90 Å². The van der Waals surface area contributed by atoms with E-state index in [1.807, 2.05) is 18.7 Å². The number of nitrogens with zero attached hydrogens (tertiary/aromatic N) is 1. The molecule has 1 amide bonds. The summed E-state index contributed by atoms with van der Waals surface area (Å²) in [5, 5.41) is 10.3. The van der Waals surface area contributed by atoms with Crippen LogP contribution in [0.5, 0.6) is 0 Å². The molecule has 2 fully saturated rings. The molecule has 0 aromatic heterocycles. The monoisotopic (exact) mass is 285 g/mol. The summed E-state index contributed by atoms with van der Waals surface area (Å²) in [6.45, 7) is 5.08. The third kappa shape index (κ3) is 1.87. The van der Waals surface area contributed by atoms with Crippen molar-refractivity contribution in [3.63, 3.8) is 0 Å². The maximum Gasteiger partial charge on any atom is 0.226 e. The average molecular weight is 285 g/mol. The van der Waals surface area contributed by atoms with E-state index in [1.54, 1.807) is 0 Å². The molecule has 3 unspecified atom stereocenters. The zero-order chi connectivity index (χ0) is 14.8. The SMILES string of the molecule is CC(C)C1(O)CN(C(=O)C2C3CCc4ccccc4C32)C1. The Hall–Kier alpha value is -1.35. The minimum Gasteiger partial charge on any atom is -0.386 e. The fourth-order valence-corrected chi connectivity index (χ4v) is 4.25. The molecule has 1 aromatic rings. The summed E-state index contributed by atoms with van der Waals surface area (Å²) in [5.74, 6) is 1.64. The van der Waals surface area contributed by atoms with Crippen LogP contribution >= 0.6 is 0 Å². The highest BCUT2D eigenvalue weighted by Crippen LogP contribution is 2.60. The molecule has 3 aliphatic rings. The normalized spacial score (nSPS) is 32.2. The number of carbonyl (C=O) groups excluding carboxylic acids is 1. The van der Waals surface area contributed by atoms with E-state index < -0.39 is 5.60 Å². The van der Waals surface area contributed by atoms with E-state index in [4.69, 9.17) is 0 Å². The standard InChI is InChI=1S/C18H23NO2/c1-11(2)18(21)9-19(10-18)17(20)16-14-8-7-12-5-3-4-6-13(12)15(14)16/h3-6,11,14-16,21H,7-10H2,1-2H3. The lowest BCUT2D eigenvalue weighted by atomic mass is 9.82. The van der Waals surface area contributed by atoms with Gasteiger partial charge in [0.15, 0.2) is 0 Å². The number of hydrogen-bond acceptors (Lipinski definition) is 2. The fourth-order valence-electron chi connectivity index (χ4n) is 4.25. The second-order valence-corrected chi connectivity index (χ2v) is 7.41. The van der Waals surface area contributed by atoms with Crippen molar-refractivity contribution in [2.45, 2.75) is 38.2 Å². The number of hydrogen-bond donors (Lipinski definition) is 1. The van der Waals surface area contributed by atoms with E-state index in [0.717, 1.165) is 12.8 Å². The highest BCUT2D eigenvalue weighted by Gasteiger charge is 2.60. The van der Waals surface area contributed by atoms with Gasteiger partial charge in [0.2, 0.25) is 5.91 Å². The lowest BCUT2D eigenvalue weighted by molar-refractivity contribution is -0.165. The van der Waals surface area contributed by atoms with Gasteiger partial charge in [-0.1, -0.05) is 38.1 Å². The van der Waals surface area contributed by atoms with Crippen LogP contribution in [0.25, 0.3) is 0 Å². The van der Waals surface area contributed by atoms with Crippen molar-refractivity contribution in [1.29, 1.82) is 0 Å². The first kappa shape index (κ1) is 13.3. The van der Waals surface area contributed by atoms with Crippen LogP contribution in [0.2, 0.25) is 0 Å². The number of fused-ring (bicyclic) bond motifs is 3. The number of β-amino-alcohol motifs (C(OH)–C–C–N with tert-alkyl or cyclic N) is 1. The smallest absolute Gasteiger partial charge is 0.226 e. The molecule has 3 heteroatoms. The third-order valence-corrected chi connectivity index (χ3v) is 5.93. The Morgan fingerprint density at radius 1 is 1.33 bits per heavy atom. The van der Waals surface area contributed by atoms with Gasteiger partial charge in [-0.25, -0.2) is 0 Å². The van der Waals surface area contributed by atoms with Gasteiger partial charge in [0.05, 0.1) is 13.1 Å². The van der Waals surface area contributed by atoms with E-state index >= 15 is 0 Å². The number of aryl methyl sites for hydroxylation is 1. The Bertz CT molecular complexity index is 589. The molecule has 1 heterocycles. The minimum absolute atomic E-state index is 0.172. The minimum atomic E-state index is -0.659. The molecule has 3 atom stereocenters. The van der Waals surface area contributed by atoms with Gasteiger partial charge in [0.25, 0.3) is 0 Å². The maximum absolute atomic E-state index is 12.7. The molecule has 1 saturated heterocycles. The second-order valence-electron chi connectivity index (χ2n) is 7.41. The molecule has 1 saturated carbocycles. The van der Waals surface area contributed by atoms with Crippen LogP contribution in [0, 0.1) is 17.8 Å². The van der Waals surface area contributed by atoms with Crippen molar-refractivity contribution in [3.8, 4) is 0 Å². The average Bonchev–Trinajstić information content (AvgIpc) is 3.17. The van der Waals surface area contributed by atoms with Gasteiger partial charge in [-0.2, -0.15) is 0 Å². The molecule has 0 bridgehead atoms. The highest BCUT2D eigenvalue weighted by molar-refractivity contribution is 5.85. The van der Waals surface area contributed by atoms with Crippen molar-refractivity contribution in [3.05, 3.63) is 35.4 Å². The molecule has 1 aliphatic heterocycles.